The molecule has 0 bridgehead atoms. The summed E-state index contributed by atoms with van der Waals surface area (Å²) in [5, 5.41) is 22.4. The normalized spacial score (nSPS) is 35.3. The van der Waals surface area contributed by atoms with E-state index in [1.54, 1.807) is 13.8 Å². The largest absolute Gasteiger partial charge is 0.454 e. The van der Waals surface area contributed by atoms with E-state index in [2.05, 4.69) is 5.18 Å². The molecule has 1 aliphatic heterocycles. The van der Waals surface area contributed by atoms with E-state index in [1.165, 1.54) is 13.8 Å². The second kappa shape index (κ2) is 5.29. The van der Waals surface area contributed by atoms with Crippen molar-refractivity contribution in [3.8, 4) is 0 Å². The molecule has 1 rings (SSSR count). The first kappa shape index (κ1) is 15.0. The zero-order valence-corrected chi connectivity index (χ0v) is 10.9. The van der Waals surface area contributed by atoms with Crippen molar-refractivity contribution in [3.63, 3.8) is 0 Å². The maximum Gasteiger partial charge on any atom is 0.308 e. The summed E-state index contributed by atoms with van der Waals surface area (Å²) in [6, 6.07) is -1.26. The Labute approximate surface area is 105 Å². The molecule has 1 heterocycles. The number of carbonyl (C=O) groups is 1. The van der Waals surface area contributed by atoms with Crippen LogP contribution in [0.15, 0.2) is 5.18 Å². The third-order valence-electron chi connectivity index (χ3n) is 2.92. The van der Waals surface area contributed by atoms with Crippen molar-refractivity contribution < 1.29 is 24.5 Å². The van der Waals surface area contributed by atoms with E-state index >= 15 is 0 Å². The topological polar surface area (TPSA) is 105 Å². The first-order valence-electron chi connectivity index (χ1n) is 5.77. The minimum atomic E-state index is -1.49. The molecule has 0 radical (unpaired) electrons. The fourth-order valence-corrected chi connectivity index (χ4v) is 1.72. The lowest BCUT2D eigenvalue weighted by Crippen LogP contribution is -2.62. The molecule has 0 unspecified atom stereocenters. The molecule has 0 aromatic heterocycles. The van der Waals surface area contributed by atoms with Crippen LogP contribution in [0.4, 0.5) is 0 Å². The average molecular weight is 261 g/mol. The number of hydrogen-bond acceptors (Lipinski definition) is 7. The minimum absolute atomic E-state index is 0.420. The van der Waals surface area contributed by atoms with Gasteiger partial charge in [-0.05, 0) is 13.8 Å². The number of aliphatic hydroxyl groups is 2. The van der Waals surface area contributed by atoms with Crippen molar-refractivity contribution in [3.05, 3.63) is 4.91 Å². The van der Waals surface area contributed by atoms with E-state index in [0.29, 0.717) is 0 Å². The number of rotatable bonds is 3. The zero-order valence-electron chi connectivity index (χ0n) is 10.9. The number of nitrogens with zero attached hydrogens (tertiary/aromatic N) is 1. The van der Waals surface area contributed by atoms with Crippen molar-refractivity contribution in [2.75, 3.05) is 0 Å². The van der Waals surface area contributed by atoms with Crippen LogP contribution in [0.5, 0.6) is 0 Å². The Morgan fingerprint density at radius 3 is 2.39 bits per heavy atom. The number of aliphatic hydroxyl groups excluding tert-OH is 2. The Kier molecular flexibility index (Phi) is 4.41. The molecule has 0 amide bonds. The average Bonchev–Trinajstić information content (AvgIpc) is 2.25. The van der Waals surface area contributed by atoms with Gasteiger partial charge in [0, 0.05) is 0 Å². The first-order chi connectivity index (χ1) is 8.20. The highest BCUT2D eigenvalue weighted by molar-refractivity contribution is 5.71. The molecule has 2 N–H and O–H groups in total. The van der Waals surface area contributed by atoms with Gasteiger partial charge in [-0.25, -0.2) is 0 Å². The summed E-state index contributed by atoms with van der Waals surface area (Å²) in [5.74, 6) is -1.01. The summed E-state index contributed by atoms with van der Waals surface area (Å²) in [5.41, 5.74) is -1.14. The fourth-order valence-electron chi connectivity index (χ4n) is 1.72. The van der Waals surface area contributed by atoms with Gasteiger partial charge in [0.25, 0.3) is 0 Å². The molecule has 0 aromatic carbocycles. The quantitative estimate of drug-likeness (QED) is 0.554. The summed E-state index contributed by atoms with van der Waals surface area (Å²) in [7, 11) is 0. The number of ether oxygens (including phenoxy) is 2. The van der Waals surface area contributed by atoms with Gasteiger partial charge in [-0.15, -0.1) is 0 Å². The number of nitroso groups, excluding NO2 is 1. The van der Waals surface area contributed by atoms with Gasteiger partial charge in [-0.3, -0.25) is 4.79 Å². The summed E-state index contributed by atoms with van der Waals surface area (Å²) in [6.07, 6.45) is -4.04. The third kappa shape index (κ3) is 2.85. The Hall–Kier alpha value is -1.05. The molecule has 1 saturated heterocycles. The van der Waals surface area contributed by atoms with Crippen LogP contribution in [0.3, 0.4) is 0 Å². The highest BCUT2D eigenvalue weighted by Crippen LogP contribution is 2.32. The first-order valence-corrected chi connectivity index (χ1v) is 5.77. The van der Waals surface area contributed by atoms with E-state index in [-0.39, 0.29) is 0 Å². The second-order valence-electron chi connectivity index (χ2n) is 5.21. The number of esters is 1. The van der Waals surface area contributed by atoms with Gasteiger partial charge in [-0.2, -0.15) is 4.91 Å². The van der Waals surface area contributed by atoms with Gasteiger partial charge in [-0.1, -0.05) is 19.0 Å². The second-order valence-corrected chi connectivity index (χ2v) is 5.21. The molecular weight excluding hydrogens is 242 g/mol. The third-order valence-corrected chi connectivity index (χ3v) is 2.92. The Morgan fingerprint density at radius 2 is 1.94 bits per heavy atom. The molecular formula is C11H19NO6. The lowest BCUT2D eigenvalue weighted by atomic mass is 9.88. The monoisotopic (exact) mass is 261 g/mol. The van der Waals surface area contributed by atoms with E-state index in [1.807, 2.05) is 0 Å². The van der Waals surface area contributed by atoms with Crippen LogP contribution < -0.4 is 0 Å². The summed E-state index contributed by atoms with van der Waals surface area (Å²) < 4.78 is 10.1. The van der Waals surface area contributed by atoms with Crippen molar-refractivity contribution in [1.82, 2.24) is 0 Å². The van der Waals surface area contributed by atoms with Gasteiger partial charge < -0.3 is 19.7 Å². The number of hydrogen-bond donors (Lipinski definition) is 2. The summed E-state index contributed by atoms with van der Waals surface area (Å²) in [4.78, 5) is 22.3. The van der Waals surface area contributed by atoms with Gasteiger partial charge in [0.1, 0.15) is 6.10 Å². The molecule has 0 saturated carbocycles. The molecule has 7 heteroatoms. The molecule has 0 aliphatic carbocycles. The highest BCUT2D eigenvalue weighted by Gasteiger charge is 2.52. The lowest BCUT2D eigenvalue weighted by Gasteiger charge is -2.44. The van der Waals surface area contributed by atoms with Crippen LogP contribution in [0.2, 0.25) is 0 Å². The van der Waals surface area contributed by atoms with Crippen LogP contribution in [0, 0.1) is 10.8 Å². The number of carbonyl (C=O) groups excluding carboxylic acids is 1. The maximum atomic E-state index is 11.5. The summed E-state index contributed by atoms with van der Waals surface area (Å²) in [6.45, 7) is 6.25. The van der Waals surface area contributed by atoms with Crippen LogP contribution in [0.1, 0.15) is 27.7 Å². The Morgan fingerprint density at radius 1 is 1.39 bits per heavy atom. The predicted octanol–water partition coefficient (Wildman–Crippen LogP) is 0.177. The van der Waals surface area contributed by atoms with E-state index in [0.717, 1.165) is 0 Å². The smallest absolute Gasteiger partial charge is 0.308 e. The van der Waals surface area contributed by atoms with Crippen LogP contribution in [-0.4, -0.2) is 46.3 Å². The molecule has 1 aliphatic rings. The van der Waals surface area contributed by atoms with Crippen molar-refractivity contribution in [1.29, 1.82) is 0 Å². The molecule has 104 valence electrons. The maximum absolute atomic E-state index is 11.5. The standard InChI is InChI=1S/C11H19NO6/c1-5(2)9(14)17-7-6(12-16)8(13)11(3,4)18-10(7)15/h5-8,10,13,15H,1-4H3/t6-,7+,8+,10-/m1/s1. The molecule has 18 heavy (non-hydrogen) atoms. The molecule has 7 nitrogen and oxygen atoms in total. The fraction of sp³-hybridized carbons (Fsp3) is 0.909. The van der Waals surface area contributed by atoms with Crippen LogP contribution in [0.25, 0.3) is 0 Å². The van der Waals surface area contributed by atoms with Crippen LogP contribution in [-0.2, 0) is 14.3 Å². The molecule has 1 fully saturated rings. The minimum Gasteiger partial charge on any atom is -0.454 e. The summed E-state index contributed by atoms with van der Waals surface area (Å²) >= 11 is 0. The molecule has 4 atom stereocenters. The van der Waals surface area contributed by atoms with Crippen molar-refractivity contribution in [2.24, 2.45) is 11.1 Å². The predicted molar refractivity (Wildman–Crippen MR) is 61.5 cm³/mol. The lowest BCUT2D eigenvalue weighted by molar-refractivity contribution is -0.288. The van der Waals surface area contributed by atoms with E-state index in [9.17, 15) is 19.9 Å². The van der Waals surface area contributed by atoms with E-state index in [4.69, 9.17) is 9.47 Å². The highest BCUT2D eigenvalue weighted by atomic mass is 16.7. The van der Waals surface area contributed by atoms with Gasteiger partial charge in [0.05, 0.1) is 11.5 Å². The van der Waals surface area contributed by atoms with E-state index < -0.39 is 42.0 Å². The molecule has 0 aromatic rings. The van der Waals surface area contributed by atoms with Gasteiger partial charge in [0.2, 0.25) is 0 Å². The molecule has 0 spiro atoms. The van der Waals surface area contributed by atoms with Crippen molar-refractivity contribution in [2.45, 2.75) is 57.8 Å². The van der Waals surface area contributed by atoms with Crippen molar-refractivity contribution >= 4 is 5.97 Å². The zero-order chi connectivity index (χ0) is 14.1. The van der Waals surface area contributed by atoms with Gasteiger partial charge >= 0.3 is 5.97 Å². The van der Waals surface area contributed by atoms with Gasteiger partial charge in [0.15, 0.2) is 18.4 Å². The SMILES string of the molecule is CC(C)C(=O)O[C@H]1[C@@H](N=O)[C@H](O)C(C)(C)O[C@H]1O. The van der Waals surface area contributed by atoms with Crippen LogP contribution >= 0.6 is 0 Å². The Balaban J connectivity index is 2.89. The Bertz CT molecular complexity index is 329.